The quantitative estimate of drug-likeness (QED) is 0.855. The van der Waals surface area contributed by atoms with Gasteiger partial charge in [0.2, 0.25) is 0 Å². The predicted molar refractivity (Wildman–Crippen MR) is 80.0 cm³/mol. The SMILES string of the molecule is NC12CCCC1CN(C(=O)c1cccc3c1COCC3)C2. The fourth-order valence-corrected chi connectivity index (χ4v) is 4.26. The molecule has 2 aliphatic heterocycles. The monoisotopic (exact) mass is 286 g/mol. The molecule has 1 saturated heterocycles. The van der Waals surface area contributed by atoms with Gasteiger partial charge in [-0.1, -0.05) is 18.6 Å². The third-order valence-corrected chi connectivity index (χ3v) is 5.49. The Hall–Kier alpha value is -1.39. The summed E-state index contributed by atoms with van der Waals surface area (Å²) in [6, 6.07) is 6.04. The summed E-state index contributed by atoms with van der Waals surface area (Å²) in [7, 11) is 0. The van der Waals surface area contributed by atoms with Crippen LogP contribution in [0, 0.1) is 5.92 Å². The van der Waals surface area contributed by atoms with E-state index in [2.05, 4.69) is 6.07 Å². The number of benzene rings is 1. The van der Waals surface area contributed by atoms with Gasteiger partial charge in [0.05, 0.1) is 13.2 Å². The smallest absolute Gasteiger partial charge is 0.254 e. The Morgan fingerprint density at radius 2 is 2.33 bits per heavy atom. The number of nitrogens with zero attached hydrogens (tertiary/aromatic N) is 1. The standard InChI is InChI=1S/C17H22N2O2/c18-17-7-2-4-13(17)9-19(11-17)16(20)14-5-1-3-12-6-8-21-10-15(12)14/h1,3,5,13H,2,4,6-11,18H2. The molecule has 0 aromatic heterocycles. The molecule has 1 amide bonds. The topological polar surface area (TPSA) is 55.6 Å². The van der Waals surface area contributed by atoms with Crippen LogP contribution in [0.4, 0.5) is 0 Å². The molecule has 2 atom stereocenters. The minimum absolute atomic E-state index is 0.136. The van der Waals surface area contributed by atoms with Gasteiger partial charge >= 0.3 is 0 Å². The Kier molecular flexibility index (Phi) is 3.05. The van der Waals surface area contributed by atoms with Crippen LogP contribution in [-0.2, 0) is 17.8 Å². The molecular formula is C17H22N2O2. The van der Waals surface area contributed by atoms with Crippen LogP contribution >= 0.6 is 0 Å². The molecule has 0 radical (unpaired) electrons. The number of hydrogen-bond donors (Lipinski definition) is 1. The van der Waals surface area contributed by atoms with E-state index in [1.54, 1.807) is 0 Å². The van der Waals surface area contributed by atoms with E-state index in [0.717, 1.165) is 43.5 Å². The Morgan fingerprint density at radius 1 is 1.43 bits per heavy atom. The maximum absolute atomic E-state index is 12.9. The molecule has 4 nitrogen and oxygen atoms in total. The number of nitrogens with two attached hydrogens (primary N) is 1. The molecule has 4 rings (SSSR count). The van der Waals surface area contributed by atoms with Crippen molar-refractivity contribution in [1.82, 2.24) is 4.90 Å². The van der Waals surface area contributed by atoms with Crippen molar-refractivity contribution in [1.29, 1.82) is 0 Å². The third kappa shape index (κ3) is 2.09. The summed E-state index contributed by atoms with van der Waals surface area (Å²) >= 11 is 0. The molecule has 2 fully saturated rings. The molecule has 1 aromatic rings. The van der Waals surface area contributed by atoms with Gasteiger partial charge in [-0.3, -0.25) is 4.79 Å². The molecule has 2 unspecified atom stereocenters. The molecule has 1 aliphatic carbocycles. The van der Waals surface area contributed by atoms with Crippen LogP contribution in [0.25, 0.3) is 0 Å². The van der Waals surface area contributed by atoms with Gasteiger partial charge in [-0.2, -0.15) is 0 Å². The molecule has 2 heterocycles. The third-order valence-electron chi connectivity index (χ3n) is 5.49. The van der Waals surface area contributed by atoms with Gasteiger partial charge in [0, 0.05) is 24.2 Å². The number of ether oxygens (including phenoxy) is 1. The number of amides is 1. The second-order valence-electron chi connectivity index (χ2n) is 6.75. The number of likely N-dealkylation sites (tertiary alicyclic amines) is 1. The van der Waals surface area contributed by atoms with Crippen LogP contribution in [0.15, 0.2) is 18.2 Å². The van der Waals surface area contributed by atoms with Crippen molar-refractivity contribution < 1.29 is 9.53 Å². The van der Waals surface area contributed by atoms with E-state index in [4.69, 9.17) is 10.5 Å². The second-order valence-corrected chi connectivity index (χ2v) is 6.75. The highest BCUT2D eigenvalue weighted by Gasteiger charge is 2.48. The van der Waals surface area contributed by atoms with Gasteiger partial charge in [0.1, 0.15) is 0 Å². The molecule has 1 saturated carbocycles. The largest absolute Gasteiger partial charge is 0.376 e. The average molecular weight is 286 g/mol. The summed E-state index contributed by atoms with van der Waals surface area (Å²) in [6.07, 6.45) is 4.32. The number of hydrogen-bond acceptors (Lipinski definition) is 3. The highest BCUT2D eigenvalue weighted by molar-refractivity contribution is 5.96. The number of carbonyl (C=O) groups is 1. The van der Waals surface area contributed by atoms with Crippen molar-refractivity contribution in [3.05, 3.63) is 34.9 Å². The molecular weight excluding hydrogens is 264 g/mol. The lowest BCUT2D eigenvalue weighted by molar-refractivity contribution is 0.0761. The lowest BCUT2D eigenvalue weighted by atomic mass is 9.92. The van der Waals surface area contributed by atoms with Crippen LogP contribution in [-0.4, -0.2) is 36.0 Å². The summed E-state index contributed by atoms with van der Waals surface area (Å²) < 4.78 is 5.55. The summed E-state index contributed by atoms with van der Waals surface area (Å²) in [5, 5.41) is 0. The van der Waals surface area contributed by atoms with Crippen molar-refractivity contribution >= 4 is 5.91 Å². The van der Waals surface area contributed by atoms with Gasteiger partial charge in [0.15, 0.2) is 0 Å². The minimum atomic E-state index is -0.138. The lowest BCUT2D eigenvalue weighted by Crippen LogP contribution is -2.45. The molecule has 21 heavy (non-hydrogen) atoms. The van der Waals surface area contributed by atoms with Crippen LogP contribution in [0.3, 0.4) is 0 Å². The fourth-order valence-electron chi connectivity index (χ4n) is 4.26. The maximum Gasteiger partial charge on any atom is 0.254 e. The number of rotatable bonds is 1. The Morgan fingerprint density at radius 3 is 3.19 bits per heavy atom. The molecule has 4 heteroatoms. The normalized spacial score (nSPS) is 31.1. The van der Waals surface area contributed by atoms with E-state index in [1.807, 2.05) is 17.0 Å². The summed E-state index contributed by atoms with van der Waals surface area (Å²) in [5.41, 5.74) is 9.51. The molecule has 1 aromatic carbocycles. The first-order chi connectivity index (χ1) is 10.2. The summed E-state index contributed by atoms with van der Waals surface area (Å²) in [4.78, 5) is 14.9. The first-order valence-electron chi connectivity index (χ1n) is 7.94. The highest BCUT2D eigenvalue weighted by atomic mass is 16.5. The number of carbonyl (C=O) groups excluding carboxylic acids is 1. The van der Waals surface area contributed by atoms with E-state index in [9.17, 15) is 4.79 Å². The van der Waals surface area contributed by atoms with Crippen LogP contribution in [0.2, 0.25) is 0 Å². The van der Waals surface area contributed by atoms with Gasteiger partial charge in [0.25, 0.3) is 5.91 Å². The molecule has 2 N–H and O–H groups in total. The Balaban J connectivity index is 1.62. The van der Waals surface area contributed by atoms with Crippen molar-refractivity contribution in [2.45, 2.75) is 37.8 Å². The molecule has 112 valence electrons. The zero-order valence-electron chi connectivity index (χ0n) is 12.3. The van der Waals surface area contributed by atoms with Crippen molar-refractivity contribution in [3.8, 4) is 0 Å². The molecule has 0 spiro atoms. The fraction of sp³-hybridized carbons (Fsp3) is 0.588. The average Bonchev–Trinajstić information content (AvgIpc) is 3.00. The van der Waals surface area contributed by atoms with E-state index < -0.39 is 0 Å². The van der Waals surface area contributed by atoms with Crippen molar-refractivity contribution in [2.24, 2.45) is 11.7 Å². The number of fused-ring (bicyclic) bond motifs is 2. The van der Waals surface area contributed by atoms with Gasteiger partial charge in [-0.05, 0) is 42.4 Å². The van der Waals surface area contributed by atoms with E-state index in [1.165, 1.54) is 12.0 Å². The minimum Gasteiger partial charge on any atom is -0.376 e. The van der Waals surface area contributed by atoms with Crippen LogP contribution in [0.5, 0.6) is 0 Å². The zero-order valence-corrected chi connectivity index (χ0v) is 12.3. The van der Waals surface area contributed by atoms with Gasteiger partial charge < -0.3 is 15.4 Å². The van der Waals surface area contributed by atoms with Crippen molar-refractivity contribution in [2.75, 3.05) is 19.7 Å². The first-order valence-corrected chi connectivity index (χ1v) is 7.94. The molecule has 3 aliphatic rings. The van der Waals surface area contributed by atoms with Crippen LogP contribution in [0.1, 0.15) is 40.7 Å². The first kappa shape index (κ1) is 13.3. The summed E-state index contributed by atoms with van der Waals surface area (Å²) in [6.45, 7) is 2.84. The van der Waals surface area contributed by atoms with Gasteiger partial charge in [-0.15, -0.1) is 0 Å². The van der Waals surface area contributed by atoms with Crippen molar-refractivity contribution in [3.63, 3.8) is 0 Å². The Labute approximate surface area is 125 Å². The zero-order chi connectivity index (χ0) is 14.4. The Bertz CT molecular complexity index is 586. The van der Waals surface area contributed by atoms with E-state index >= 15 is 0 Å². The van der Waals surface area contributed by atoms with E-state index in [-0.39, 0.29) is 11.4 Å². The van der Waals surface area contributed by atoms with Crippen LogP contribution < -0.4 is 5.73 Å². The highest BCUT2D eigenvalue weighted by Crippen LogP contribution is 2.40. The summed E-state index contributed by atoms with van der Waals surface area (Å²) in [5.74, 6) is 0.619. The van der Waals surface area contributed by atoms with Gasteiger partial charge in [-0.25, -0.2) is 0 Å². The second kappa shape index (κ2) is 4.82. The predicted octanol–water partition coefficient (Wildman–Crippen LogP) is 1.71. The maximum atomic E-state index is 12.9. The van der Waals surface area contributed by atoms with E-state index in [0.29, 0.717) is 19.1 Å². The molecule has 0 bridgehead atoms. The lowest BCUT2D eigenvalue weighted by Gasteiger charge is -2.25.